The average molecular weight is 565 g/mol. The SMILES string of the molecule is Cn1c2cc(C(=O)NCCCN3CCC(F)CC3)ccc2n2cc(-c3ccc([C@H]4CCCN4C(=O)O)cc3F)nc12. The van der Waals surface area contributed by atoms with Crippen LogP contribution in [0.5, 0.6) is 0 Å². The molecule has 2 fully saturated rings. The number of likely N-dealkylation sites (tertiary alicyclic amines) is 2. The van der Waals surface area contributed by atoms with E-state index >= 15 is 4.39 Å². The molecule has 4 heterocycles. The van der Waals surface area contributed by atoms with Gasteiger partial charge in [-0.05, 0) is 74.5 Å². The Balaban J connectivity index is 1.16. The van der Waals surface area contributed by atoms with Crippen molar-refractivity contribution in [1.29, 1.82) is 0 Å². The smallest absolute Gasteiger partial charge is 0.407 e. The standard InChI is InChI=1S/C30H34F2N6O3/c1-35-27-17-20(28(39)33-11-3-12-36-14-9-21(31)10-15-36)6-8-26(27)38-18-24(34-29(35)38)22-7-5-19(16-23(22)32)25-4-2-13-37(25)30(40)41/h5-8,16-18,21,25H,2-4,9-15H2,1H3,(H,33,39)(H,40,41)/t25-/m1/s1. The molecule has 2 aliphatic heterocycles. The van der Waals surface area contributed by atoms with Gasteiger partial charge < -0.3 is 24.8 Å². The summed E-state index contributed by atoms with van der Waals surface area (Å²) >= 11 is 0. The highest BCUT2D eigenvalue weighted by atomic mass is 19.1. The van der Waals surface area contributed by atoms with E-state index in [0.29, 0.717) is 60.5 Å². The molecule has 2 N–H and O–H groups in total. The van der Waals surface area contributed by atoms with Gasteiger partial charge in [-0.15, -0.1) is 0 Å². The Morgan fingerprint density at radius 3 is 2.63 bits per heavy atom. The fraction of sp³-hybridized carbons (Fsp3) is 0.433. The van der Waals surface area contributed by atoms with E-state index in [0.717, 1.165) is 43.5 Å². The molecule has 9 nitrogen and oxygen atoms in total. The molecule has 0 spiro atoms. The second kappa shape index (κ2) is 11.1. The number of aromatic nitrogens is 3. The van der Waals surface area contributed by atoms with E-state index in [9.17, 15) is 19.1 Å². The number of benzene rings is 2. The Morgan fingerprint density at radius 1 is 1.07 bits per heavy atom. The van der Waals surface area contributed by atoms with Gasteiger partial charge >= 0.3 is 6.09 Å². The largest absolute Gasteiger partial charge is 0.465 e. The lowest BCUT2D eigenvalue weighted by molar-refractivity contribution is 0.0949. The van der Waals surface area contributed by atoms with E-state index in [2.05, 4.69) is 15.2 Å². The third kappa shape index (κ3) is 5.26. The second-order valence-electron chi connectivity index (χ2n) is 11.1. The first-order valence-electron chi connectivity index (χ1n) is 14.2. The number of nitrogens with zero attached hydrogens (tertiary/aromatic N) is 5. The van der Waals surface area contributed by atoms with Crippen LogP contribution in [0.1, 0.15) is 54.1 Å². The third-order valence-electron chi connectivity index (χ3n) is 8.45. The summed E-state index contributed by atoms with van der Waals surface area (Å²) in [5.41, 5.74) is 3.67. The first-order valence-corrected chi connectivity index (χ1v) is 14.2. The normalized spacial score (nSPS) is 18.5. The minimum Gasteiger partial charge on any atom is -0.465 e. The van der Waals surface area contributed by atoms with Crippen molar-refractivity contribution in [2.75, 3.05) is 32.7 Å². The van der Waals surface area contributed by atoms with Gasteiger partial charge in [0.2, 0.25) is 5.78 Å². The van der Waals surface area contributed by atoms with Crippen LogP contribution in [0.3, 0.4) is 0 Å². The molecule has 0 saturated carbocycles. The van der Waals surface area contributed by atoms with Gasteiger partial charge in [0.1, 0.15) is 12.0 Å². The lowest BCUT2D eigenvalue weighted by atomic mass is 10.0. The molecule has 2 aromatic carbocycles. The number of hydrogen-bond donors (Lipinski definition) is 2. The molecule has 4 aromatic rings. The summed E-state index contributed by atoms with van der Waals surface area (Å²) in [7, 11) is 1.86. The fourth-order valence-electron chi connectivity index (χ4n) is 6.18. The molecule has 0 aliphatic carbocycles. The van der Waals surface area contributed by atoms with Crippen LogP contribution >= 0.6 is 0 Å². The summed E-state index contributed by atoms with van der Waals surface area (Å²) < 4.78 is 32.3. The molecular formula is C30H34F2N6O3. The second-order valence-corrected chi connectivity index (χ2v) is 11.1. The maximum absolute atomic E-state index is 15.3. The number of piperidine rings is 1. The number of carbonyl (C=O) groups excluding carboxylic acids is 1. The quantitative estimate of drug-likeness (QED) is 0.308. The van der Waals surface area contributed by atoms with E-state index in [1.807, 2.05) is 28.1 Å². The van der Waals surface area contributed by atoms with Crippen molar-refractivity contribution in [3.8, 4) is 11.3 Å². The molecule has 0 unspecified atom stereocenters. The lowest BCUT2D eigenvalue weighted by Crippen LogP contribution is -2.36. The number of alkyl halides is 1. The molecule has 0 radical (unpaired) electrons. The number of rotatable bonds is 7. The van der Waals surface area contributed by atoms with Crippen LogP contribution in [0.2, 0.25) is 0 Å². The molecule has 41 heavy (non-hydrogen) atoms. The van der Waals surface area contributed by atoms with Gasteiger partial charge in [-0.1, -0.05) is 6.07 Å². The maximum atomic E-state index is 15.3. The maximum Gasteiger partial charge on any atom is 0.407 e. The highest BCUT2D eigenvalue weighted by Crippen LogP contribution is 2.34. The van der Waals surface area contributed by atoms with Crippen LogP contribution in [0.4, 0.5) is 13.6 Å². The molecule has 2 aliphatic rings. The number of halogens is 2. The minimum absolute atomic E-state index is 0.153. The van der Waals surface area contributed by atoms with Crippen molar-refractivity contribution in [2.24, 2.45) is 7.05 Å². The summed E-state index contributed by atoms with van der Waals surface area (Å²) in [6.07, 6.45) is 3.51. The van der Waals surface area contributed by atoms with E-state index in [-0.39, 0.29) is 11.9 Å². The fourth-order valence-corrected chi connectivity index (χ4v) is 6.18. The topological polar surface area (TPSA) is 95.1 Å². The summed E-state index contributed by atoms with van der Waals surface area (Å²) in [5.74, 6) is 0.0130. The molecule has 11 heteroatoms. The van der Waals surface area contributed by atoms with Gasteiger partial charge in [-0.2, -0.15) is 0 Å². The molecule has 0 bridgehead atoms. The number of carboxylic acid groups (broad SMARTS) is 1. The third-order valence-corrected chi connectivity index (χ3v) is 8.45. The zero-order valence-electron chi connectivity index (χ0n) is 23.0. The summed E-state index contributed by atoms with van der Waals surface area (Å²) in [5, 5.41) is 12.4. The van der Waals surface area contributed by atoms with Crippen LogP contribution in [-0.4, -0.2) is 79.8 Å². The van der Waals surface area contributed by atoms with Crippen LogP contribution in [-0.2, 0) is 7.05 Å². The molecule has 216 valence electrons. The average Bonchev–Trinajstić information content (AvgIpc) is 3.68. The Labute approximate surface area is 236 Å². The van der Waals surface area contributed by atoms with Crippen molar-refractivity contribution in [3.63, 3.8) is 0 Å². The Bertz CT molecular complexity index is 1610. The summed E-state index contributed by atoms with van der Waals surface area (Å²) in [6.45, 7) is 3.38. The predicted octanol–water partition coefficient (Wildman–Crippen LogP) is 5.00. The van der Waals surface area contributed by atoms with Gasteiger partial charge in [0, 0.05) is 50.6 Å². The molecule has 1 atom stereocenters. The highest BCUT2D eigenvalue weighted by Gasteiger charge is 2.30. The van der Waals surface area contributed by atoms with Gasteiger partial charge in [0.15, 0.2) is 0 Å². The first-order chi connectivity index (χ1) is 19.8. The number of imidazole rings is 2. The van der Waals surface area contributed by atoms with Crippen molar-refractivity contribution in [3.05, 3.63) is 59.5 Å². The Morgan fingerprint density at radius 2 is 1.88 bits per heavy atom. The van der Waals surface area contributed by atoms with E-state index < -0.39 is 18.1 Å². The van der Waals surface area contributed by atoms with Crippen molar-refractivity contribution >= 4 is 28.8 Å². The molecule has 2 aromatic heterocycles. The molecular weight excluding hydrogens is 530 g/mol. The van der Waals surface area contributed by atoms with Crippen LogP contribution in [0, 0.1) is 5.82 Å². The highest BCUT2D eigenvalue weighted by molar-refractivity contribution is 5.98. The van der Waals surface area contributed by atoms with Crippen LogP contribution in [0.15, 0.2) is 42.6 Å². The number of fused-ring (bicyclic) bond motifs is 3. The van der Waals surface area contributed by atoms with Gasteiger partial charge in [0.05, 0.1) is 22.8 Å². The molecule has 2 amide bonds. The summed E-state index contributed by atoms with van der Waals surface area (Å²) in [6, 6.07) is 9.99. The van der Waals surface area contributed by atoms with Gasteiger partial charge in [0.25, 0.3) is 5.91 Å². The number of nitrogens with one attached hydrogen (secondary N) is 1. The first kappa shape index (κ1) is 27.2. The zero-order chi connectivity index (χ0) is 28.7. The van der Waals surface area contributed by atoms with Crippen molar-refractivity contribution < 1.29 is 23.5 Å². The minimum atomic E-state index is -0.990. The van der Waals surface area contributed by atoms with Crippen LogP contribution in [0.25, 0.3) is 28.1 Å². The van der Waals surface area contributed by atoms with E-state index in [1.54, 1.807) is 24.4 Å². The Kier molecular flexibility index (Phi) is 7.37. The van der Waals surface area contributed by atoms with Crippen LogP contribution < -0.4 is 5.32 Å². The summed E-state index contributed by atoms with van der Waals surface area (Å²) in [4.78, 5) is 32.6. The Hall–Kier alpha value is -3.99. The molecule has 2 saturated heterocycles. The van der Waals surface area contributed by atoms with Gasteiger partial charge in [-0.3, -0.25) is 9.20 Å². The number of hydrogen-bond acceptors (Lipinski definition) is 4. The predicted molar refractivity (Wildman–Crippen MR) is 151 cm³/mol. The number of carbonyl (C=O) groups is 2. The monoisotopic (exact) mass is 564 g/mol. The van der Waals surface area contributed by atoms with Crippen molar-refractivity contribution in [1.82, 2.24) is 29.1 Å². The van der Waals surface area contributed by atoms with E-state index in [1.165, 1.54) is 11.0 Å². The zero-order valence-corrected chi connectivity index (χ0v) is 23.0. The molecule has 6 rings (SSSR count). The number of aryl methyl sites for hydroxylation is 1. The number of amides is 2. The lowest BCUT2D eigenvalue weighted by Gasteiger charge is -2.28. The van der Waals surface area contributed by atoms with E-state index in [4.69, 9.17) is 0 Å². The van der Waals surface area contributed by atoms with Crippen molar-refractivity contribution in [2.45, 2.75) is 44.3 Å². The van der Waals surface area contributed by atoms with Gasteiger partial charge in [-0.25, -0.2) is 18.6 Å².